The number of hydrogen-bond acceptors (Lipinski definition) is 4. The first kappa shape index (κ1) is 19.3. The van der Waals surface area contributed by atoms with E-state index in [0.717, 1.165) is 16.8 Å². The van der Waals surface area contributed by atoms with Crippen molar-refractivity contribution in [1.82, 2.24) is 5.43 Å². The zero-order valence-electron chi connectivity index (χ0n) is 15.9. The molecule has 4 rings (SSSR count). The Morgan fingerprint density at radius 1 is 0.933 bits per heavy atom. The molecule has 30 heavy (non-hydrogen) atoms. The minimum Gasteiger partial charge on any atom is -0.478 e. The number of hydrazone groups is 1. The number of fused-ring (bicyclic) bond motifs is 1. The molecular formula is C23H18FN3O3. The lowest BCUT2D eigenvalue weighted by Gasteiger charge is -2.17. The molecule has 0 atom stereocenters. The highest BCUT2D eigenvalue weighted by atomic mass is 19.1. The number of carboxylic acids is 1. The molecule has 0 unspecified atom stereocenters. The third kappa shape index (κ3) is 4.20. The number of nitrogens with zero attached hydrogens (tertiary/aromatic N) is 2. The third-order valence-corrected chi connectivity index (χ3v) is 4.92. The Bertz CT molecular complexity index is 1130. The minimum absolute atomic E-state index is 0.184. The Balaban J connectivity index is 1.40. The van der Waals surface area contributed by atoms with Gasteiger partial charge in [-0.05, 0) is 65.2 Å². The van der Waals surface area contributed by atoms with Crippen molar-refractivity contribution in [3.8, 4) is 0 Å². The number of carboxylic acid groups (broad SMARTS) is 1. The summed E-state index contributed by atoms with van der Waals surface area (Å²) in [5, 5.41) is 12.8. The maximum absolute atomic E-state index is 13.1. The van der Waals surface area contributed by atoms with Crippen LogP contribution in [0.3, 0.4) is 0 Å². The average Bonchev–Trinajstić information content (AvgIpc) is 3.18. The fourth-order valence-electron chi connectivity index (χ4n) is 3.31. The number of rotatable bonds is 5. The van der Waals surface area contributed by atoms with E-state index in [1.54, 1.807) is 30.3 Å². The number of aromatic carboxylic acids is 1. The summed E-state index contributed by atoms with van der Waals surface area (Å²) < 4.78 is 13.1. The van der Waals surface area contributed by atoms with Crippen LogP contribution >= 0.6 is 0 Å². The number of nitrogens with one attached hydrogen (secondary N) is 1. The number of halogens is 1. The van der Waals surface area contributed by atoms with E-state index in [1.807, 2.05) is 12.1 Å². The van der Waals surface area contributed by atoms with Gasteiger partial charge in [-0.25, -0.2) is 14.6 Å². The van der Waals surface area contributed by atoms with Crippen molar-refractivity contribution >= 4 is 23.8 Å². The van der Waals surface area contributed by atoms with Gasteiger partial charge in [0.1, 0.15) is 5.82 Å². The van der Waals surface area contributed by atoms with E-state index in [9.17, 15) is 14.0 Å². The number of benzene rings is 3. The molecule has 0 saturated carbocycles. The summed E-state index contributed by atoms with van der Waals surface area (Å²) in [7, 11) is 0. The smallest absolute Gasteiger partial charge is 0.335 e. The Morgan fingerprint density at radius 3 is 2.30 bits per heavy atom. The predicted molar refractivity (Wildman–Crippen MR) is 111 cm³/mol. The number of carbonyl (C=O) groups is 2. The third-order valence-electron chi connectivity index (χ3n) is 4.92. The lowest BCUT2D eigenvalue weighted by atomic mass is 10.1. The fourth-order valence-corrected chi connectivity index (χ4v) is 3.31. The highest BCUT2D eigenvalue weighted by molar-refractivity contribution is 5.95. The molecule has 150 valence electrons. The summed E-state index contributed by atoms with van der Waals surface area (Å²) in [4.78, 5) is 25.4. The second kappa shape index (κ2) is 8.16. The molecule has 0 fully saturated rings. The summed E-state index contributed by atoms with van der Waals surface area (Å²) in [5.74, 6) is -1.61. The van der Waals surface area contributed by atoms with Crippen LogP contribution in [0.15, 0.2) is 71.8 Å². The van der Waals surface area contributed by atoms with Crippen molar-refractivity contribution < 1.29 is 19.1 Å². The number of anilines is 1. The van der Waals surface area contributed by atoms with Gasteiger partial charge in [-0.15, -0.1) is 0 Å². The lowest BCUT2D eigenvalue weighted by Crippen LogP contribution is -2.18. The first-order valence-corrected chi connectivity index (χ1v) is 9.29. The zero-order valence-corrected chi connectivity index (χ0v) is 15.9. The van der Waals surface area contributed by atoms with Gasteiger partial charge in [-0.2, -0.15) is 5.10 Å². The van der Waals surface area contributed by atoms with Gasteiger partial charge in [0.2, 0.25) is 0 Å². The average molecular weight is 403 g/mol. The highest BCUT2D eigenvalue weighted by Crippen LogP contribution is 2.29. The van der Waals surface area contributed by atoms with Crippen LogP contribution in [-0.4, -0.2) is 23.2 Å². The zero-order chi connectivity index (χ0) is 21.1. The van der Waals surface area contributed by atoms with E-state index in [-0.39, 0.29) is 17.3 Å². The van der Waals surface area contributed by atoms with Crippen molar-refractivity contribution in [3.05, 3.63) is 100 Å². The van der Waals surface area contributed by atoms with Crippen molar-refractivity contribution in [2.24, 2.45) is 5.10 Å². The molecule has 0 radical (unpaired) electrons. The molecule has 3 aromatic carbocycles. The molecule has 0 aliphatic carbocycles. The second-order valence-corrected chi connectivity index (χ2v) is 6.94. The second-order valence-electron chi connectivity index (χ2n) is 6.94. The van der Waals surface area contributed by atoms with Gasteiger partial charge in [0.15, 0.2) is 0 Å². The van der Waals surface area contributed by atoms with Crippen molar-refractivity contribution in [2.75, 3.05) is 4.90 Å². The molecule has 3 aromatic rings. The normalized spacial score (nSPS) is 12.8. The molecular weight excluding hydrogens is 385 g/mol. The summed E-state index contributed by atoms with van der Waals surface area (Å²) >= 11 is 0. The Morgan fingerprint density at radius 2 is 1.60 bits per heavy atom. The van der Waals surface area contributed by atoms with Crippen molar-refractivity contribution in [1.29, 1.82) is 0 Å². The Hall–Kier alpha value is -4.00. The SMILES string of the molecule is O=C(O)c1ccc(/C=N/NC(=O)c2ccc3c(c2)CN(c2ccc(F)cc2)C3)cc1. The summed E-state index contributed by atoms with van der Waals surface area (Å²) in [6.45, 7) is 1.34. The van der Waals surface area contributed by atoms with Gasteiger partial charge in [-0.3, -0.25) is 4.79 Å². The molecule has 1 amide bonds. The maximum Gasteiger partial charge on any atom is 0.335 e. The largest absolute Gasteiger partial charge is 0.478 e. The Kier molecular flexibility index (Phi) is 5.26. The molecule has 0 aromatic heterocycles. The van der Waals surface area contributed by atoms with E-state index in [4.69, 9.17) is 5.11 Å². The molecule has 0 bridgehead atoms. The number of carbonyl (C=O) groups excluding carboxylic acids is 1. The van der Waals surface area contributed by atoms with E-state index >= 15 is 0 Å². The number of hydrogen-bond donors (Lipinski definition) is 2. The molecule has 1 heterocycles. The molecule has 1 aliphatic rings. The maximum atomic E-state index is 13.1. The minimum atomic E-state index is -0.999. The van der Waals surface area contributed by atoms with Gasteiger partial charge in [0.05, 0.1) is 11.8 Å². The molecule has 6 nitrogen and oxygen atoms in total. The van der Waals surface area contributed by atoms with Gasteiger partial charge >= 0.3 is 5.97 Å². The predicted octanol–water partition coefficient (Wildman–Crippen LogP) is 3.81. The van der Waals surface area contributed by atoms with E-state index in [0.29, 0.717) is 24.2 Å². The molecule has 0 spiro atoms. The summed E-state index contributed by atoms with van der Waals surface area (Å²) in [6.07, 6.45) is 1.45. The summed E-state index contributed by atoms with van der Waals surface area (Å²) in [5.41, 5.74) is 6.93. The first-order valence-electron chi connectivity index (χ1n) is 9.29. The van der Waals surface area contributed by atoms with Crippen LogP contribution < -0.4 is 10.3 Å². The fraction of sp³-hybridized carbons (Fsp3) is 0.0870. The highest BCUT2D eigenvalue weighted by Gasteiger charge is 2.20. The lowest BCUT2D eigenvalue weighted by molar-refractivity contribution is 0.0696. The van der Waals surface area contributed by atoms with E-state index in [2.05, 4.69) is 15.4 Å². The van der Waals surface area contributed by atoms with Crippen molar-refractivity contribution in [3.63, 3.8) is 0 Å². The van der Waals surface area contributed by atoms with Crippen LogP contribution in [-0.2, 0) is 13.1 Å². The quantitative estimate of drug-likeness (QED) is 0.501. The van der Waals surface area contributed by atoms with E-state index in [1.165, 1.54) is 30.5 Å². The monoisotopic (exact) mass is 403 g/mol. The van der Waals surface area contributed by atoms with Crippen LogP contribution in [0.25, 0.3) is 0 Å². The first-order chi connectivity index (χ1) is 14.5. The standard InChI is InChI=1S/C23H18FN3O3/c24-20-7-9-21(10-8-20)27-13-18-6-5-17(11-19(18)14-27)22(28)26-25-12-15-1-3-16(4-2-15)23(29)30/h1-12H,13-14H2,(H,26,28)(H,29,30)/b25-12+. The number of amides is 1. The van der Waals surface area contributed by atoms with Crippen molar-refractivity contribution in [2.45, 2.75) is 13.1 Å². The van der Waals surface area contributed by atoms with Crippen LogP contribution in [0, 0.1) is 5.82 Å². The van der Waals surface area contributed by atoms with Gasteiger partial charge in [-0.1, -0.05) is 18.2 Å². The van der Waals surface area contributed by atoms with Crippen LogP contribution in [0.2, 0.25) is 0 Å². The molecule has 1 aliphatic heterocycles. The van der Waals surface area contributed by atoms with E-state index < -0.39 is 5.97 Å². The van der Waals surface area contributed by atoms with Crippen LogP contribution in [0.1, 0.15) is 37.4 Å². The van der Waals surface area contributed by atoms with Crippen LogP contribution in [0.4, 0.5) is 10.1 Å². The molecule has 2 N–H and O–H groups in total. The van der Waals surface area contributed by atoms with Gasteiger partial charge in [0.25, 0.3) is 5.91 Å². The van der Waals surface area contributed by atoms with Gasteiger partial charge < -0.3 is 10.0 Å². The topological polar surface area (TPSA) is 82.0 Å². The molecule has 0 saturated heterocycles. The molecule has 7 heteroatoms. The Labute approximate surface area is 172 Å². The summed E-state index contributed by atoms with van der Waals surface area (Å²) in [6, 6.07) is 18.0. The van der Waals surface area contributed by atoms with Crippen LogP contribution in [0.5, 0.6) is 0 Å². The van der Waals surface area contributed by atoms with Gasteiger partial charge in [0, 0.05) is 24.3 Å².